The van der Waals surface area contributed by atoms with E-state index in [2.05, 4.69) is 21.0 Å². The second kappa shape index (κ2) is 5.57. The fourth-order valence-electron chi connectivity index (χ4n) is 2.74. The predicted molar refractivity (Wildman–Crippen MR) is 82.8 cm³/mol. The molecule has 7 heteroatoms. The first-order chi connectivity index (χ1) is 10.5. The van der Waals surface area contributed by atoms with E-state index in [0.29, 0.717) is 24.1 Å². The minimum atomic E-state index is -1.06. The summed E-state index contributed by atoms with van der Waals surface area (Å²) < 4.78 is 2.33. The number of hydrogen-bond acceptors (Lipinski definition) is 3. The zero-order valence-corrected chi connectivity index (χ0v) is 13.5. The molecule has 0 atom stereocenters. The molecule has 6 nitrogen and oxygen atoms in total. The molecule has 1 amide bonds. The lowest BCUT2D eigenvalue weighted by Crippen LogP contribution is -2.36. The van der Waals surface area contributed by atoms with Crippen LogP contribution in [0, 0.1) is 0 Å². The lowest BCUT2D eigenvalue weighted by molar-refractivity contribution is 0.0674. The molecule has 114 valence electrons. The van der Waals surface area contributed by atoms with Crippen molar-refractivity contribution < 1.29 is 14.7 Å². The highest BCUT2D eigenvalue weighted by molar-refractivity contribution is 9.10. The monoisotopic (exact) mass is 363 g/mol. The number of carboxylic acids is 1. The van der Waals surface area contributed by atoms with Crippen molar-refractivity contribution in [2.24, 2.45) is 7.05 Å². The number of nitrogens with zero attached hydrogens (tertiary/aromatic N) is 3. The number of aromatic nitrogens is 2. The Morgan fingerprint density at radius 2 is 2.05 bits per heavy atom. The van der Waals surface area contributed by atoms with E-state index in [9.17, 15) is 14.7 Å². The number of aromatic carboxylic acids is 1. The summed E-state index contributed by atoms with van der Waals surface area (Å²) in [7, 11) is 1.73. The first kappa shape index (κ1) is 14.8. The molecule has 0 bridgehead atoms. The highest BCUT2D eigenvalue weighted by Crippen LogP contribution is 2.25. The standard InChI is InChI=1S/C15H14BrN3O3/c1-18-12-6-7-19(8-10(12)13(17-18)15(21)22)14(20)9-4-2-3-5-11(9)16/h2-5H,6-8H2,1H3,(H,21,22). The van der Waals surface area contributed by atoms with Gasteiger partial charge in [-0.2, -0.15) is 5.10 Å². The van der Waals surface area contributed by atoms with Crippen molar-refractivity contribution in [3.05, 3.63) is 51.3 Å². The highest BCUT2D eigenvalue weighted by atomic mass is 79.9. The van der Waals surface area contributed by atoms with Gasteiger partial charge >= 0.3 is 5.97 Å². The van der Waals surface area contributed by atoms with Crippen molar-refractivity contribution in [3.63, 3.8) is 0 Å². The van der Waals surface area contributed by atoms with Crippen LogP contribution in [0.4, 0.5) is 0 Å². The van der Waals surface area contributed by atoms with Gasteiger partial charge in [-0.1, -0.05) is 12.1 Å². The van der Waals surface area contributed by atoms with Crippen molar-refractivity contribution in [2.75, 3.05) is 6.54 Å². The van der Waals surface area contributed by atoms with E-state index in [1.165, 1.54) is 0 Å². The zero-order chi connectivity index (χ0) is 15.9. The molecular weight excluding hydrogens is 350 g/mol. The van der Waals surface area contributed by atoms with E-state index in [1.807, 2.05) is 12.1 Å². The van der Waals surface area contributed by atoms with Gasteiger partial charge in [-0.15, -0.1) is 0 Å². The molecule has 0 spiro atoms. The van der Waals surface area contributed by atoms with Crippen LogP contribution in [-0.2, 0) is 20.0 Å². The Hall–Kier alpha value is -2.15. The van der Waals surface area contributed by atoms with Crippen LogP contribution >= 0.6 is 15.9 Å². The summed E-state index contributed by atoms with van der Waals surface area (Å²) in [5.74, 6) is -1.18. The number of fused-ring (bicyclic) bond motifs is 1. The van der Waals surface area contributed by atoms with Gasteiger partial charge in [-0.25, -0.2) is 4.79 Å². The molecular formula is C15H14BrN3O3. The number of carboxylic acid groups (broad SMARTS) is 1. The van der Waals surface area contributed by atoms with Crippen LogP contribution in [0.1, 0.15) is 32.1 Å². The van der Waals surface area contributed by atoms with Gasteiger partial charge in [0.25, 0.3) is 5.91 Å². The Balaban J connectivity index is 1.93. The van der Waals surface area contributed by atoms with E-state index < -0.39 is 5.97 Å². The van der Waals surface area contributed by atoms with Gasteiger partial charge in [0.05, 0.1) is 12.1 Å². The van der Waals surface area contributed by atoms with Crippen molar-refractivity contribution in [2.45, 2.75) is 13.0 Å². The van der Waals surface area contributed by atoms with Crippen LogP contribution in [0.3, 0.4) is 0 Å². The molecule has 0 fully saturated rings. The number of carbonyl (C=O) groups excluding carboxylic acids is 1. The SMILES string of the molecule is Cn1nc(C(=O)O)c2c1CCN(C(=O)c1ccccc1Br)C2. The molecule has 0 unspecified atom stereocenters. The zero-order valence-electron chi connectivity index (χ0n) is 11.9. The van der Waals surface area contributed by atoms with Crippen LogP contribution in [0.2, 0.25) is 0 Å². The third-order valence-corrected chi connectivity index (χ3v) is 4.53. The first-order valence-electron chi connectivity index (χ1n) is 6.81. The molecule has 0 aliphatic carbocycles. The summed E-state index contributed by atoms with van der Waals surface area (Å²) in [5, 5.41) is 13.3. The predicted octanol–water partition coefficient (Wildman–Crippen LogP) is 2.08. The van der Waals surface area contributed by atoms with Crippen LogP contribution in [0.25, 0.3) is 0 Å². The summed E-state index contributed by atoms with van der Waals surface area (Å²) in [6.07, 6.45) is 0.600. The molecule has 1 aliphatic rings. The van der Waals surface area contributed by atoms with Crippen LogP contribution in [0.5, 0.6) is 0 Å². The Kier molecular flexibility index (Phi) is 3.74. The Labute approximate surface area is 135 Å². The highest BCUT2D eigenvalue weighted by Gasteiger charge is 2.29. The smallest absolute Gasteiger partial charge is 0.356 e. The number of hydrogen-bond donors (Lipinski definition) is 1. The number of rotatable bonds is 2. The summed E-state index contributed by atoms with van der Waals surface area (Å²) >= 11 is 3.38. The quantitative estimate of drug-likeness (QED) is 0.886. The van der Waals surface area contributed by atoms with Gasteiger partial charge in [-0.05, 0) is 28.1 Å². The minimum Gasteiger partial charge on any atom is -0.476 e. The van der Waals surface area contributed by atoms with Crippen LogP contribution < -0.4 is 0 Å². The van der Waals surface area contributed by atoms with E-state index in [4.69, 9.17) is 0 Å². The van der Waals surface area contributed by atoms with Gasteiger partial charge < -0.3 is 10.0 Å². The molecule has 1 aromatic heterocycles. The lowest BCUT2D eigenvalue weighted by Gasteiger charge is -2.27. The molecule has 2 heterocycles. The minimum absolute atomic E-state index is 0.0297. The van der Waals surface area contributed by atoms with Gasteiger partial charge in [0.2, 0.25) is 0 Å². The van der Waals surface area contributed by atoms with Crippen molar-refractivity contribution in [1.29, 1.82) is 0 Å². The maximum absolute atomic E-state index is 12.6. The first-order valence-corrected chi connectivity index (χ1v) is 7.60. The third kappa shape index (κ3) is 2.41. The van der Waals surface area contributed by atoms with Gasteiger partial charge in [0, 0.05) is 35.7 Å². The number of halogens is 1. The van der Waals surface area contributed by atoms with Crippen molar-refractivity contribution >= 4 is 27.8 Å². The number of benzene rings is 1. The van der Waals surface area contributed by atoms with Gasteiger partial charge in [-0.3, -0.25) is 9.48 Å². The molecule has 0 radical (unpaired) electrons. The Bertz CT molecular complexity index is 769. The van der Waals surface area contributed by atoms with Crippen LogP contribution in [-0.4, -0.2) is 38.2 Å². The fraction of sp³-hybridized carbons (Fsp3) is 0.267. The lowest BCUT2D eigenvalue weighted by atomic mass is 10.0. The average molecular weight is 364 g/mol. The fourth-order valence-corrected chi connectivity index (χ4v) is 3.20. The van der Waals surface area contributed by atoms with E-state index in [-0.39, 0.29) is 18.1 Å². The molecule has 1 aromatic carbocycles. The molecule has 2 aromatic rings. The third-order valence-electron chi connectivity index (χ3n) is 3.84. The normalized spacial score (nSPS) is 13.8. The number of aryl methyl sites for hydroxylation is 1. The summed E-state index contributed by atoms with van der Waals surface area (Å²) in [4.78, 5) is 25.6. The topological polar surface area (TPSA) is 75.4 Å². The van der Waals surface area contributed by atoms with Crippen molar-refractivity contribution in [3.8, 4) is 0 Å². The molecule has 1 N–H and O–H groups in total. The molecule has 3 rings (SSSR count). The van der Waals surface area contributed by atoms with E-state index in [1.54, 1.807) is 28.8 Å². The number of carbonyl (C=O) groups is 2. The molecule has 22 heavy (non-hydrogen) atoms. The summed E-state index contributed by atoms with van der Waals surface area (Å²) in [5.41, 5.74) is 2.11. The summed E-state index contributed by atoms with van der Waals surface area (Å²) in [6, 6.07) is 7.22. The average Bonchev–Trinajstić information content (AvgIpc) is 2.84. The van der Waals surface area contributed by atoms with Gasteiger partial charge in [0.15, 0.2) is 5.69 Å². The van der Waals surface area contributed by atoms with E-state index in [0.717, 1.165) is 10.2 Å². The van der Waals surface area contributed by atoms with E-state index >= 15 is 0 Å². The molecule has 1 aliphatic heterocycles. The summed E-state index contributed by atoms with van der Waals surface area (Å²) in [6.45, 7) is 0.816. The maximum atomic E-state index is 12.6. The van der Waals surface area contributed by atoms with Gasteiger partial charge in [0.1, 0.15) is 0 Å². The van der Waals surface area contributed by atoms with Crippen LogP contribution in [0.15, 0.2) is 28.7 Å². The van der Waals surface area contributed by atoms with Crippen molar-refractivity contribution in [1.82, 2.24) is 14.7 Å². The maximum Gasteiger partial charge on any atom is 0.356 e. The largest absolute Gasteiger partial charge is 0.476 e. The number of amides is 1. The molecule has 0 saturated heterocycles. The Morgan fingerprint density at radius 1 is 1.32 bits per heavy atom. The second-order valence-corrected chi connectivity index (χ2v) is 6.01. The Morgan fingerprint density at radius 3 is 2.73 bits per heavy atom. The second-order valence-electron chi connectivity index (χ2n) is 5.16. The molecule has 0 saturated carbocycles.